The Balaban J connectivity index is 2.23. The fourth-order valence-electron chi connectivity index (χ4n) is 2.73. The van der Waals surface area contributed by atoms with E-state index in [4.69, 9.17) is 0 Å². The van der Waals surface area contributed by atoms with Crippen molar-refractivity contribution in [2.75, 3.05) is 0 Å². The summed E-state index contributed by atoms with van der Waals surface area (Å²) < 4.78 is 13.0. The molecule has 1 atom stereocenters. The number of amides is 1. The van der Waals surface area contributed by atoms with Gasteiger partial charge in [-0.3, -0.25) is 9.78 Å². The zero-order chi connectivity index (χ0) is 19.5. The highest BCUT2D eigenvalue weighted by atomic mass is 19.1. The van der Waals surface area contributed by atoms with Gasteiger partial charge in [-0.1, -0.05) is 5.57 Å². The summed E-state index contributed by atoms with van der Waals surface area (Å²) in [5.74, 6) is 0.00585. The molecule has 0 radical (unpaired) electrons. The van der Waals surface area contributed by atoms with Gasteiger partial charge >= 0.3 is 0 Å². The average Bonchev–Trinajstić information content (AvgIpc) is 3.30. The number of hydrogen-bond acceptors (Lipinski definition) is 4. The first-order valence-electron chi connectivity index (χ1n) is 8.73. The smallest absolute Gasteiger partial charge is 0.252 e. The molecule has 0 aliphatic heterocycles. The first-order valence-corrected chi connectivity index (χ1v) is 8.73. The number of pyridine rings is 1. The summed E-state index contributed by atoms with van der Waals surface area (Å²) in [6.07, 6.45) is 3.29. The fraction of sp³-hybridized carbons (Fsp3) is 0.450. The van der Waals surface area contributed by atoms with Crippen LogP contribution in [0.25, 0.3) is 0 Å². The minimum absolute atomic E-state index is 0.0341. The van der Waals surface area contributed by atoms with E-state index in [1.165, 1.54) is 6.07 Å². The van der Waals surface area contributed by atoms with Gasteiger partial charge in [0, 0.05) is 16.7 Å². The number of nitrogens with one attached hydrogen (secondary N) is 2. The van der Waals surface area contributed by atoms with Gasteiger partial charge in [0.05, 0.1) is 17.9 Å². The van der Waals surface area contributed by atoms with Crippen LogP contribution in [0.15, 0.2) is 45.9 Å². The summed E-state index contributed by atoms with van der Waals surface area (Å²) >= 11 is 0. The third-order valence-electron chi connectivity index (χ3n) is 4.58. The number of carbonyl (C=O) groups is 1. The van der Waals surface area contributed by atoms with Gasteiger partial charge in [-0.2, -0.15) is 0 Å². The Labute approximate surface area is 154 Å². The Morgan fingerprint density at radius 3 is 2.46 bits per heavy atom. The molecule has 2 N–H and O–H groups in total. The molecule has 1 fully saturated rings. The van der Waals surface area contributed by atoms with Crippen LogP contribution in [0.5, 0.6) is 0 Å². The first kappa shape index (κ1) is 19.8. The van der Waals surface area contributed by atoms with Crippen LogP contribution in [0.3, 0.4) is 0 Å². The molecule has 1 aliphatic carbocycles. The quantitative estimate of drug-likeness (QED) is 0.442. The number of halogens is 1. The third kappa shape index (κ3) is 4.77. The highest BCUT2D eigenvalue weighted by Gasteiger charge is 2.38. The molecule has 1 aromatic heterocycles. The average molecular weight is 358 g/mol. The number of aliphatic imine (C=N–C) groups is 1. The largest absolute Gasteiger partial charge is 0.365 e. The van der Waals surface area contributed by atoms with E-state index in [0.717, 1.165) is 30.2 Å². The molecule has 1 saturated carbocycles. The topological polar surface area (TPSA) is 66.4 Å². The van der Waals surface area contributed by atoms with Crippen molar-refractivity contribution >= 4 is 12.6 Å². The Morgan fingerprint density at radius 1 is 1.35 bits per heavy atom. The van der Waals surface area contributed by atoms with Crippen molar-refractivity contribution in [3.8, 4) is 0 Å². The summed E-state index contributed by atoms with van der Waals surface area (Å²) in [6.45, 7) is 13.2. The number of allylic oxidation sites excluding steroid dienone is 1. The molecule has 0 saturated heterocycles. The van der Waals surface area contributed by atoms with Crippen molar-refractivity contribution in [1.29, 1.82) is 0 Å². The molecule has 1 amide bonds. The predicted octanol–water partition coefficient (Wildman–Crippen LogP) is 3.81. The molecular formula is C20H27FN4O. The molecule has 0 aromatic carbocycles. The van der Waals surface area contributed by atoms with Crippen molar-refractivity contribution in [1.82, 2.24) is 15.6 Å². The zero-order valence-electron chi connectivity index (χ0n) is 16.1. The molecule has 1 unspecified atom stereocenters. The van der Waals surface area contributed by atoms with Crippen LogP contribution < -0.4 is 10.6 Å². The van der Waals surface area contributed by atoms with Crippen LogP contribution in [0, 0.1) is 5.82 Å². The number of rotatable bonds is 7. The van der Waals surface area contributed by atoms with E-state index in [1.54, 1.807) is 6.07 Å². The molecule has 1 aromatic rings. The SMILES string of the molecule is C=N/C(NC1(C)CC1)=C(\C)C(C(=O)NC(C)c1ccc(F)cn1)=C(C)C. The number of nitrogens with zero attached hydrogens (tertiary/aromatic N) is 2. The van der Waals surface area contributed by atoms with Gasteiger partial charge in [-0.25, -0.2) is 9.38 Å². The van der Waals surface area contributed by atoms with Crippen molar-refractivity contribution in [2.45, 2.75) is 59.0 Å². The van der Waals surface area contributed by atoms with Crippen LogP contribution in [-0.2, 0) is 4.79 Å². The molecule has 6 heteroatoms. The molecule has 5 nitrogen and oxygen atoms in total. The lowest BCUT2D eigenvalue weighted by molar-refractivity contribution is -0.118. The minimum atomic E-state index is -0.405. The maximum atomic E-state index is 13.0. The lowest BCUT2D eigenvalue weighted by Gasteiger charge is -2.20. The van der Waals surface area contributed by atoms with Crippen LogP contribution in [0.4, 0.5) is 4.39 Å². The van der Waals surface area contributed by atoms with Gasteiger partial charge in [0.15, 0.2) is 0 Å². The summed E-state index contributed by atoms with van der Waals surface area (Å²) in [5, 5.41) is 6.31. The fourth-order valence-corrected chi connectivity index (χ4v) is 2.73. The van der Waals surface area contributed by atoms with Crippen LogP contribution in [-0.4, -0.2) is 23.1 Å². The van der Waals surface area contributed by atoms with Gasteiger partial charge in [-0.05, 0) is 66.3 Å². The molecule has 140 valence electrons. The third-order valence-corrected chi connectivity index (χ3v) is 4.58. The summed E-state index contributed by atoms with van der Waals surface area (Å²) in [7, 11) is 0. The highest BCUT2D eigenvalue weighted by molar-refractivity contribution is 5.98. The standard InChI is InChI=1S/C20H27FN4O/c1-12(2)17(13(3)18(22-6)25-20(5)9-10-20)19(26)24-14(4)16-8-7-15(21)11-23-16/h7-8,11,14,25H,6,9-10H2,1-5H3,(H,24,26)/b18-13-. The minimum Gasteiger partial charge on any atom is -0.365 e. The van der Waals surface area contributed by atoms with Gasteiger partial charge in [0.2, 0.25) is 0 Å². The zero-order valence-corrected chi connectivity index (χ0v) is 16.1. The normalized spacial score (nSPS) is 16.8. The van der Waals surface area contributed by atoms with Crippen molar-refractivity contribution in [3.05, 3.63) is 52.4 Å². The molecule has 1 aliphatic rings. The van der Waals surface area contributed by atoms with Crippen molar-refractivity contribution in [3.63, 3.8) is 0 Å². The van der Waals surface area contributed by atoms with E-state index in [2.05, 4.69) is 34.3 Å². The van der Waals surface area contributed by atoms with Gasteiger partial charge in [-0.15, -0.1) is 0 Å². The second kappa shape index (κ2) is 7.81. The number of aromatic nitrogens is 1. The van der Waals surface area contributed by atoms with E-state index in [0.29, 0.717) is 17.1 Å². The summed E-state index contributed by atoms with van der Waals surface area (Å²) in [4.78, 5) is 21.0. The highest BCUT2D eigenvalue weighted by Crippen LogP contribution is 2.36. The second-order valence-corrected chi connectivity index (χ2v) is 7.29. The molecule has 0 spiro atoms. The van der Waals surface area contributed by atoms with Gasteiger partial charge in [0.25, 0.3) is 5.91 Å². The lowest BCUT2D eigenvalue weighted by Crippen LogP contribution is -2.32. The first-order chi connectivity index (χ1) is 12.2. The van der Waals surface area contributed by atoms with E-state index >= 15 is 0 Å². The summed E-state index contributed by atoms with van der Waals surface area (Å²) in [6, 6.07) is 2.55. The number of hydrogen-bond donors (Lipinski definition) is 2. The van der Waals surface area contributed by atoms with Crippen LogP contribution >= 0.6 is 0 Å². The lowest BCUT2D eigenvalue weighted by atomic mass is 10.0. The van der Waals surface area contributed by atoms with E-state index in [-0.39, 0.29) is 17.5 Å². The van der Waals surface area contributed by atoms with E-state index < -0.39 is 5.82 Å². The Morgan fingerprint density at radius 2 is 2.00 bits per heavy atom. The maximum absolute atomic E-state index is 13.0. The molecule has 26 heavy (non-hydrogen) atoms. The van der Waals surface area contributed by atoms with Crippen LogP contribution in [0.1, 0.15) is 59.2 Å². The second-order valence-electron chi connectivity index (χ2n) is 7.29. The summed E-state index contributed by atoms with van der Waals surface area (Å²) in [5.41, 5.74) is 2.83. The molecular weight excluding hydrogens is 331 g/mol. The predicted molar refractivity (Wildman–Crippen MR) is 102 cm³/mol. The Kier molecular flexibility index (Phi) is 5.95. The van der Waals surface area contributed by atoms with E-state index in [9.17, 15) is 9.18 Å². The van der Waals surface area contributed by atoms with Crippen molar-refractivity contribution in [2.24, 2.45) is 4.99 Å². The Hall–Kier alpha value is -2.50. The van der Waals surface area contributed by atoms with Crippen LogP contribution in [0.2, 0.25) is 0 Å². The van der Waals surface area contributed by atoms with Gasteiger partial charge < -0.3 is 10.6 Å². The molecule has 0 bridgehead atoms. The van der Waals surface area contributed by atoms with Gasteiger partial charge in [0.1, 0.15) is 11.6 Å². The molecule has 1 heterocycles. The Bertz CT molecular complexity index is 757. The van der Waals surface area contributed by atoms with Crippen molar-refractivity contribution < 1.29 is 9.18 Å². The molecule has 2 rings (SSSR count). The monoisotopic (exact) mass is 358 g/mol. The number of carbonyl (C=O) groups excluding carboxylic acids is 1. The maximum Gasteiger partial charge on any atom is 0.252 e. The van der Waals surface area contributed by atoms with E-state index in [1.807, 2.05) is 27.7 Å².